The van der Waals surface area contributed by atoms with Gasteiger partial charge in [-0.25, -0.2) is 4.79 Å². The van der Waals surface area contributed by atoms with Gasteiger partial charge in [0, 0.05) is 0 Å². The first-order valence-corrected chi connectivity index (χ1v) is 10.7. The van der Waals surface area contributed by atoms with E-state index in [1.807, 2.05) is 81.4 Å². The van der Waals surface area contributed by atoms with Gasteiger partial charge in [0.05, 0.1) is 13.5 Å². The van der Waals surface area contributed by atoms with Gasteiger partial charge in [0.15, 0.2) is 6.10 Å². The van der Waals surface area contributed by atoms with Crippen molar-refractivity contribution in [3.63, 3.8) is 0 Å². The van der Waals surface area contributed by atoms with Gasteiger partial charge in [-0.05, 0) is 15.4 Å². The van der Waals surface area contributed by atoms with Crippen LogP contribution >= 0.6 is 0 Å². The van der Waals surface area contributed by atoms with Crippen LogP contribution in [0.4, 0.5) is 0 Å². The van der Waals surface area contributed by atoms with Crippen LogP contribution in [0, 0.1) is 0 Å². The van der Waals surface area contributed by atoms with E-state index < -0.39 is 32.8 Å². The van der Waals surface area contributed by atoms with Gasteiger partial charge in [-0.15, -0.1) is 0 Å². The zero-order chi connectivity index (χ0) is 20.1. The Balaban J connectivity index is 2.53. The SMILES string of the molecule is COC(=O)C(O)CC(=O)O[Si](c1ccccc1)(c1ccccc1)C(C)(C)C. The van der Waals surface area contributed by atoms with Crippen LogP contribution in [-0.2, 0) is 18.8 Å². The second-order valence-electron chi connectivity index (χ2n) is 7.38. The number of ether oxygens (including phenoxy) is 1. The lowest BCUT2D eigenvalue weighted by Crippen LogP contribution is -2.67. The van der Waals surface area contributed by atoms with Crippen molar-refractivity contribution in [2.75, 3.05) is 7.11 Å². The van der Waals surface area contributed by atoms with Crippen molar-refractivity contribution in [3.05, 3.63) is 60.7 Å². The van der Waals surface area contributed by atoms with Crippen molar-refractivity contribution in [3.8, 4) is 0 Å². The summed E-state index contributed by atoms with van der Waals surface area (Å²) in [5.41, 5.74) is 0. The largest absolute Gasteiger partial charge is 0.509 e. The van der Waals surface area contributed by atoms with E-state index in [0.717, 1.165) is 10.4 Å². The van der Waals surface area contributed by atoms with E-state index in [1.54, 1.807) is 0 Å². The Morgan fingerprint density at radius 2 is 1.41 bits per heavy atom. The minimum absolute atomic E-state index is 0.373. The zero-order valence-corrected chi connectivity index (χ0v) is 17.1. The summed E-state index contributed by atoms with van der Waals surface area (Å²) in [6, 6.07) is 19.4. The summed E-state index contributed by atoms with van der Waals surface area (Å²) in [6.07, 6.45) is -1.99. The van der Waals surface area contributed by atoms with Crippen LogP contribution in [0.25, 0.3) is 0 Å². The Morgan fingerprint density at radius 3 is 1.78 bits per heavy atom. The molecular weight excluding hydrogens is 360 g/mol. The highest BCUT2D eigenvalue weighted by Gasteiger charge is 2.53. The van der Waals surface area contributed by atoms with Crippen molar-refractivity contribution in [1.82, 2.24) is 0 Å². The quantitative estimate of drug-likeness (QED) is 0.607. The van der Waals surface area contributed by atoms with E-state index in [0.29, 0.717) is 0 Å². The molecule has 2 rings (SSSR count). The molecule has 1 atom stereocenters. The predicted molar refractivity (Wildman–Crippen MR) is 106 cm³/mol. The highest BCUT2D eigenvalue weighted by atomic mass is 28.4. The average Bonchev–Trinajstić information content (AvgIpc) is 2.65. The molecule has 0 aliphatic heterocycles. The van der Waals surface area contributed by atoms with Gasteiger partial charge in [0.25, 0.3) is 5.97 Å². The third-order valence-corrected chi connectivity index (χ3v) is 9.46. The van der Waals surface area contributed by atoms with Crippen LogP contribution in [0.1, 0.15) is 27.2 Å². The van der Waals surface area contributed by atoms with Crippen molar-refractivity contribution >= 4 is 30.6 Å². The number of aliphatic hydroxyl groups is 1. The van der Waals surface area contributed by atoms with Gasteiger partial charge in [0.1, 0.15) is 0 Å². The van der Waals surface area contributed by atoms with E-state index >= 15 is 0 Å². The topological polar surface area (TPSA) is 72.8 Å². The maximum atomic E-state index is 12.7. The molecule has 0 spiro atoms. The Kier molecular flexibility index (Phi) is 6.57. The lowest BCUT2D eigenvalue weighted by Gasteiger charge is -2.42. The molecule has 0 amide bonds. The number of carbonyl (C=O) groups excluding carboxylic acids is 2. The summed E-state index contributed by atoms with van der Waals surface area (Å²) in [5.74, 6) is -1.48. The van der Waals surface area contributed by atoms with Crippen LogP contribution < -0.4 is 10.4 Å². The van der Waals surface area contributed by atoms with Gasteiger partial charge in [-0.1, -0.05) is 81.4 Å². The summed E-state index contributed by atoms with van der Waals surface area (Å²) in [7, 11) is -1.87. The number of hydrogen-bond acceptors (Lipinski definition) is 5. The smallest absolute Gasteiger partial charge is 0.335 e. The highest BCUT2D eigenvalue weighted by Crippen LogP contribution is 2.37. The summed E-state index contributed by atoms with van der Waals surface area (Å²) >= 11 is 0. The van der Waals surface area contributed by atoms with Crippen LogP contribution in [-0.4, -0.2) is 38.6 Å². The average molecular weight is 387 g/mol. The molecule has 0 saturated carbocycles. The van der Waals surface area contributed by atoms with Crippen LogP contribution in [0.2, 0.25) is 5.04 Å². The molecule has 6 heteroatoms. The summed E-state index contributed by atoms with van der Waals surface area (Å²) in [4.78, 5) is 24.2. The Hall–Kier alpha value is -2.44. The monoisotopic (exact) mass is 386 g/mol. The molecule has 144 valence electrons. The van der Waals surface area contributed by atoms with E-state index in [9.17, 15) is 14.7 Å². The standard InChI is InChI=1S/C21H26O5Si/c1-21(2,3)27(16-11-7-5-8-12-16,17-13-9-6-10-14-17)26-19(23)15-18(22)20(24)25-4/h5-14,18,22H,15H2,1-4H3. The molecule has 0 aromatic heterocycles. The molecule has 0 saturated heterocycles. The number of rotatable bonds is 6. The predicted octanol–water partition coefficient (Wildman–Crippen LogP) is 2.01. The number of esters is 1. The molecule has 0 fully saturated rings. The minimum atomic E-state index is -3.04. The normalized spacial score (nSPS) is 12.9. The van der Waals surface area contributed by atoms with E-state index in [1.165, 1.54) is 7.11 Å². The van der Waals surface area contributed by atoms with Gasteiger partial charge >= 0.3 is 14.3 Å². The molecule has 27 heavy (non-hydrogen) atoms. The zero-order valence-electron chi connectivity index (χ0n) is 16.1. The molecule has 1 unspecified atom stereocenters. The molecule has 2 aromatic rings. The summed E-state index contributed by atoms with van der Waals surface area (Å²) < 4.78 is 10.7. The lowest BCUT2D eigenvalue weighted by atomic mass is 10.2. The maximum Gasteiger partial charge on any atom is 0.335 e. The molecule has 1 N–H and O–H groups in total. The molecule has 0 aliphatic rings. The van der Waals surface area contributed by atoms with Crippen molar-refractivity contribution < 1.29 is 23.9 Å². The highest BCUT2D eigenvalue weighted by molar-refractivity contribution is 7.00. The van der Waals surface area contributed by atoms with Gasteiger partial charge in [-0.3, -0.25) is 4.79 Å². The summed E-state index contributed by atoms with van der Waals surface area (Å²) in [6.45, 7) is 6.13. The first kappa shape index (κ1) is 20.9. The van der Waals surface area contributed by atoms with E-state index in [-0.39, 0.29) is 5.04 Å². The number of methoxy groups -OCH3 is 1. The van der Waals surface area contributed by atoms with Gasteiger partial charge in [0.2, 0.25) is 0 Å². The number of carbonyl (C=O) groups is 2. The number of hydrogen-bond donors (Lipinski definition) is 1. The van der Waals surface area contributed by atoms with Crippen molar-refractivity contribution in [2.24, 2.45) is 0 Å². The Labute approximate surface area is 161 Å². The number of aliphatic hydroxyl groups excluding tert-OH is 1. The fourth-order valence-corrected chi connectivity index (χ4v) is 7.59. The van der Waals surface area contributed by atoms with Crippen LogP contribution in [0.15, 0.2) is 60.7 Å². The second kappa shape index (κ2) is 8.50. The van der Waals surface area contributed by atoms with Crippen LogP contribution in [0.3, 0.4) is 0 Å². The fraction of sp³-hybridized carbons (Fsp3) is 0.333. The molecule has 0 bridgehead atoms. The molecule has 0 heterocycles. The van der Waals surface area contributed by atoms with E-state index in [2.05, 4.69) is 4.74 Å². The third kappa shape index (κ3) is 4.46. The molecular formula is C21H26O5Si. The van der Waals surface area contributed by atoms with Gasteiger partial charge in [-0.2, -0.15) is 0 Å². The Bertz CT molecular complexity index is 729. The molecule has 0 radical (unpaired) electrons. The molecule has 2 aromatic carbocycles. The first-order valence-electron chi connectivity index (χ1n) is 8.81. The second-order valence-corrected chi connectivity index (χ2v) is 11.6. The lowest BCUT2D eigenvalue weighted by molar-refractivity contribution is -0.155. The van der Waals surface area contributed by atoms with Crippen molar-refractivity contribution in [1.29, 1.82) is 0 Å². The van der Waals surface area contributed by atoms with Crippen molar-refractivity contribution in [2.45, 2.75) is 38.3 Å². The molecule has 5 nitrogen and oxygen atoms in total. The molecule has 0 aliphatic carbocycles. The minimum Gasteiger partial charge on any atom is -0.509 e. The third-order valence-electron chi connectivity index (χ3n) is 4.52. The fourth-order valence-electron chi connectivity index (χ4n) is 3.24. The number of benzene rings is 2. The first-order chi connectivity index (χ1) is 12.7. The van der Waals surface area contributed by atoms with Gasteiger partial charge < -0.3 is 14.3 Å². The summed E-state index contributed by atoms with van der Waals surface area (Å²) in [5, 5.41) is 11.4. The maximum absolute atomic E-state index is 12.7. The van der Waals surface area contributed by atoms with Crippen LogP contribution in [0.5, 0.6) is 0 Å². The van der Waals surface area contributed by atoms with E-state index in [4.69, 9.17) is 4.43 Å². The Morgan fingerprint density at radius 1 is 0.963 bits per heavy atom.